The summed E-state index contributed by atoms with van der Waals surface area (Å²) in [5, 5.41) is 14.2. The van der Waals surface area contributed by atoms with Gasteiger partial charge in [-0.25, -0.2) is 0 Å². The maximum Gasteiger partial charge on any atom is 0.269 e. The van der Waals surface area contributed by atoms with Crippen molar-refractivity contribution in [2.45, 2.75) is 38.3 Å². The number of nitrogens with one attached hydrogen (secondary N) is 1. The lowest BCUT2D eigenvalue weighted by atomic mass is 10.2. The maximum atomic E-state index is 10.7. The third kappa shape index (κ3) is 7.36. The molecule has 0 amide bonds. The van der Waals surface area contributed by atoms with E-state index in [-0.39, 0.29) is 5.69 Å². The van der Waals surface area contributed by atoms with E-state index >= 15 is 0 Å². The normalized spacial score (nSPS) is 14.1. The van der Waals surface area contributed by atoms with Crippen LogP contribution < -0.4 is 14.8 Å². The molecule has 0 radical (unpaired) electrons. The third-order valence-corrected chi connectivity index (χ3v) is 4.91. The van der Waals surface area contributed by atoms with Gasteiger partial charge >= 0.3 is 0 Å². The number of ether oxygens (including phenoxy) is 3. The van der Waals surface area contributed by atoms with Crippen molar-refractivity contribution >= 4 is 5.69 Å². The van der Waals surface area contributed by atoms with Crippen molar-refractivity contribution in [2.75, 3.05) is 26.4 Å². The van der Waals surface area contributed by atoms with Crippen LogP contribution in [0.15, 0.2) is 48.5 Å². The largest absolute Gasteiger partial charge is 0.491 e. The first-order valence-corrected chi connectivity index (χ1v) is 10.1. The van der Waals surface area contributed by atoms with Crippen LogP contribution in [0.5, 0.6) is 11.5 Å². The lowest BCUT2D eigenvalue weighted by Crippen LogP contribution is -2.29. The number of nitro groups is 1. The van der Waals surface area contributed by atoms with Crippen LogP contribution in [0.1, 0.15) is 31.2 Å². The van der Waals surface area contributed by atoms with Crippen LogP contribution in [0.2, 0.25) is 0 Å². The molecule has 1 aliphatic carbocycles. The summed E-state index contributed by atoms with van der Waals surface area (Å²) in [4.78, 5) is 10.3. The van der Waals surface area contributed by atoms with Gasteiger partial charge in [0, 0.05) is 24.7 Å². The van der Waals surface area contributed by atoms with Crippen molar-refractivity contribution in [2.24, 2.45) is 0 Å². The summed E-state index contributed by atoms with van der Waals surface area (Å²) >= 11 is 0. The van der Waals surface area contributed by atoms with E-state index in [0.717, 1.165) is 17.9 Å². The van der Waals surface area contributed by atoms with E-state index in [1.54, 1.807) is 12.1 Å². The maximum absolute atomic E-state index is 10.7. The highest BCUT2D eigenvalue weighted by Crippen LogP contribution is 2.20. The molecule has 29 heavy (non-hydrogen) atoms. The average molecular weight is 400 g/mol. The molecular weight excluding hydrogens is 372 g/mol. The Labute approximate surface area is 171 Å². The second kappa shape index (κ2) is 11.4. The van der Waals surface area contributed by atoms with Crippen LogP contribution in [0, 0.1) is 10.1 Å². The van der Waals surface area contributed by atoms with Crippen molar-refractivity contribution in [1.82, 2.24) is 5.32 Å². The first-order chi connectivity index (χ1) is 14.2. The molecule has 1 saturated carbocycles. The van der Waals surface area contributed by atoms with Crippen LogP contribution in [-0.4, -0.2) is 37.3 Å². The second-order valence-corrected chi connectivity index (χ2v) is 7.08. The van der Waals surface area contributed by atoms with Gasteiger partial charge in [-0.05, 0) is 54.8 Å². The number of hydrogen-bond acceptors (Lipinski definition) is 6. The summed E-state index contributed by atoms with van der Waals surface area (Å²) in [5.74, 6) is 1.48. The molecule has 156 valence electrons. The minimum Gasteiger partial charge on any atom is -0.491 e. The van der Waals surface area contributed by atoms with E-state index < -0.39 is 4.92 Å². The average Bonchev–Trinajstić information content (AvgIpc) is 3.26. The molecule has 2 aromatic rings. The minimum absolute atomic E-state index is 0.0734. The fourth-order valence-electron chi connectivity index (χ4n) is 3.30. The van der Waals surface area contributed by atoms with E-state index in [4.69, 9.17) is 14.2 Å². The molecule has 7 nitrogen and oxygen atoms in total. The summed E-state index contributed by atoms with van der Waals surface area (Å²) in [5.41, 5.74) is 0.944. The molecule has 0 bridgehead atoms. The monoisotopic (exact) mass is 400 g/mol. The minimum atomic E-state index is -0.415. The lowest BCUT2D eigenvalue weighted by molar-refractivity contribution is -0.384. The van der Waals surface area contributed by atoms with E-state index in [2.05, 4.69) is 5.32 Å². The predicted molar refractivity (Wildman–Crippen MR) is 110 cm³/mol. The van der Waals surface area contributed by atoms with Gasteiger partial charge in [0.2, 0.25) is 0 Å². The molecule has 1 N–H and O–H groups in total. The Kier molecular flexibility index (Phi) is 8.27. The second-order valence-electron chi connectivity index (χ2n) is 7.08. The van der Waals surface area contributed by atoms with Crippen LogP contribution in [0.25, 0.3) is 0 Å². The van der Waals surface area contributed by atoms with Gasteiger partial charge in [0.25, 0.3) is 5.69 Å². The SMILES string of the molecule is O=[N+]([O-])c1ccc(COc2ccc(OCCOCCNC3CCCC3)cc2)cc1. The molecule has 0 aliphatic heterocycles. The topological polar surface area (TPSA) is 82.9 Å². The molecule has 0 saturated heterocycles. The van der Waals surface area contributed by atoms with Gasteiger partial charge in [0.05, 0.1) is 18.1 Å². The number of nitro benzene ring substituents is 1. The number of benzene rings is 2. The Morgan fingerprint density at radius 2 is 1.55 bits per heavy atom. The summed E-state index contributed by atoms with van der Waals surface area (Å²) < 4.78 is 17.0. The number of rotatable bonds is 12. The summed E-state index contributed by atoms with van der Waals surface area (Å²) in [7, 11) is 0. The van der Waals surface area contributed by atoms with Crippen LogP contribution >= 0.6 is 0 Å². The Balaban J connectivity index is 1.28. The van der Waals surface area contributed by atoms with E-state index in [9.17, 15) is 10.1 Å². The zero-order valence-corrected chi connectivity index (χ0v) is 16.5. The molecule has 3 rings (SSSR count). The van der Waals surface area contributed by atoms with Crippen molar-refractivity contribution in [3.05, 3.63) is 64.2 Å². The van der Waals surface area contributed by atoms with E-state index in [1.165, 1.54) is 37.8 Å². The zero-order valence-electron chi connectivity index (χ0n) is 16.5. The molecule has 0 heterocycles. The molecule has 0 unspecified atom stereocenters. The molecule has 1 fully saturated rings. The van der Waals surface area contributed by atoms with Gasteiger partial charge in [-0.3, -0.25) is 10.1 Å². The van der Waals surface area contributed by atoms with Crippen molar-refractivity contribution in [1.29, 1.82) is 0 Å². The lowest BCUT2D eigenvalue weighted by Gasteiger charge is -2.12. The van der Waals surface area contributed by atoms with Gasteiger partial charge in [0.1, 0.15) is 24.7 Å². The predicted octanol–water partition coefficient (Wildman–Crippen LogP) is 4.10. The van der Waals surface area contributed by atoms with Crippen LogP contribution in [0.4, 0.5) is 5.69 Å². The Bertz CT molecular complexity index is 743. The summed E-state index contributed by atoms with van der Waals surface area (Å²) in [6.45, 7) is 3.01. The molecule has 2 aromatic carbocycles. The molecular formula is C22H28N2O5. The first-order valence-electron chi connectivity index (χ1n) is 10.1. The van der Waals surface area contributed by atoms with Gasteiger partial charge in [-0.2, -0.15) is 0 Å². The molecule has 7 heteroatoms. The van der Waals surface area contributed by atoms with Gasteiger partial charge in [-0.15, -0.1) is 0 Å². The van der Waals surface area contributed by atoms with Crippen molar-refractivity contribution in [3.8, 4) is 11.5 Å². The van der Waals surface area contributed by atoms with Crippen molar-refractivity contribution < 1.29 is 19.1 Å². The third-order valence-electron chi connectivity index (χ3n) is 4.91. The van der Waals surface area contributed by atoms with Gasteiger partial charge in [-0.1, -0.05) is 12.8 Å². The summed E-state index contributed by atoms with van der Waals surface area (Å²) in [6.07, 6.45) is 5.26. The molecule has 0 atom stereocenters. The van der Waals surface area contributed by atoms with Crippen molar-refractivity contribution in [3.63, 3.8) is 0 Å². The number of non-ortho nitro benzene ring substituents is 1. The van der Waals surface area contributed by atoms with Gasteiger partial charge < -0.3 is 19.5 Å². The zero-order chi connectivity index (χ0) is 20.3. The Hall–Kier alpha value is -2.64. The summed E-state index contributed by atoms with van der Waals surface area (Å²) in [6, 6.07) is 14.4. The number of hydrogen-bond donors (Lipinski definition) is 1. The van der Waals surface area contributed by atoms with Crippen LogP contribution in [-0.2, 0) is 11.3 Å². The Morgan fingerprint density at radius 3 is 2.21 bits per heavy atom. The highest BCUT2D eigenvalue weighted by molar-refractivity contribution is 5.34. The molecule has 0 spiro atoms. The smallest absolute Gasteiger partial charge is 0.269 e. The van der Waals surface area contributed by atoms with E-state index in [0.29, 0.717) is 38.2 Å². The fourth-order valence-corrected chi connectivity index (χ4v) is 3.30. The highest BCUT2D eigenvalue weighted by atomic mass is 16.6. The highest BCUT2D eigenvalue weighted by Gasteiger charge is 2.13. The van der Waals surface area contributed by atoms with Gasteiger partial charge in [0.15, 0.2) is 0 Å². The number of nitrogens with zero attached hydrogens (tertiary/aromatic N) is 1. The molecule has 1 aliphatic rings. The standard InChI is InChI=1S/C22H28N2O5/c25-24(26)20-7-5-18(6-8-20)17-29-22-11-9-21(10-12-22)28-16-15-27-14-13-23-19-3-1-2-4-19/h5-12,19,23H,1-4,13-17H2. The quantitative estimate of drug-likeness (QED) is 0.328. The van der Waals surface area contributed by atoms with E-state index in [1.807, 2.05) is 24.3 Å². The first kappa shape index (κ1) is 21.1. The fraction of sp³-hybridized carbons (Fsp3) is 0.455. The van der Waals surface area contributed by atoms with Crippen LogP contribution in [0.3, 0.4) is 0 Å². The Morgan fingerprint density at radius 1 is 0.897 bits per heavy atom. The molecule has 0 aromatic heterocycles.